The molecule has 0 heterocycles. The molecule has 1 unspecified atom stereocenters. The number of nitrogens with one attached hydrogen (secondary N) is 1. The molecule has 0 bridgehead atoms. The predicted molar refractivity (Wildman–Crippen MR) is 108 cm³/mol. The van der Waals surface area contributed by atoms with E-state index in [9.17, 15) is 13.2 Å². The molecule has 0 aliphatic carbocycles. The number of ether oxygens (including phenoxy) is 1. The Bertz CT molecular complexity index is 811. The number of rotatable bonds is 9. The van der Waals surface area contributed by atoms with E-state index in [0.717, 1.165) is 11.8 Å². The number of carbonyl (C=O) groups is 1. The summed E-state index contributed by atoms with van der Waals surface area (Å²) in [6.45, 7) is 0.757. The standard InChI is InChI=1S/C19H24N2O4S.ClH/c1-26(23,24)17-11-9-16(10-12-17)25-13-5-8-19(22)21-14-18(20)15-6-3-2-4-7-15;/h2-4,6-7,9-12,18H,5,8,13-14,20H2,1H3,(H,21,22);1H. The van der Waals surface area contributed by atoms with Crippen molar-refractivity contribution in [3.63, 3.8) is 0 Å². The maximum Gasteiger partial charge on any atom is 0.220 e. The Morgan fingerprint density at radius 3 is 2.33 bits per heavy atom. The van der Waals surface area contributed by atoms with Gasteiger partial charge in [0, 0.05) is 25.3 Å². The highest BCUT2D eigenvalue weighted by Gasteiger charge is 2.08. The summed E-state index contributed by atoms with van der Waals surface area (Å²) in [5.41, 5.74) is 7.01. The van der Waals surface area contributed by atoms with Crippen molar-refractivity contribution in [3.8, 4) is 5.75 Å². The number of halogens is 1. The Hall–Kier alpha value is -2.09. The van der Waals surface area contributed by atoms with Gasteiger partial charge in [0.2, 0.25) is 5.91 Å². The molecule has 0 aromatic heterocycles. The third-order valence-corrected chi connectivity index (χ3v) is 4.94. The van der Waals surface area contributed by atoms with Gasteiger partial charge in [-0.1, -0.05) is 30.3 Å². The van der Waals surface area contributed by atoms with Crippen molar-refractivity contribution in [1.29, 1.82) is 0 Å². The van der Waals surface area contributed by atoms with Gasteiger partial charge >= 0.3 is 0 Å². The molecule has 6 nitrogen and oxygen atoms in total. The smallest absolute Gasteiger partial charge is 0.220 e. The topological polar surface area (TPSA) is 98.5 Å². The molecule has 27 heavy (non-hydrogen) atoms. The van der Waals surface area contributed by atoms with Crippen LogP contribution < -0.4 is 15.8 Å². The molecular weight excluding hydrogens is 388 g/mol. The number of sulfone groups is 1. The Kier molecular flexibility index (Phi) is 9.28. The average molecular weight is 413 g/mol. The van der Waals surface area contributed by atoms with Crippen molar-refractivity contribution < 1.29 is 17.9 Å². The first-order chi connectivity index (χ1) is 12.4. The highest BCUT2D eigenvalue weighted by molar-refractivity contribution is 7.90. The van der Waals surface area contributed by atoms with E-state index in [1.807, 2.05) is 30.3 Å². The van der Waals surface area contributed by atoms with E-state index >= 15 is 0 Å². The summed E-state index contributed by atoms with van der Waals surface area (Å²) in [6, 6.07) is 15.6. The van der Waals surface area contributed by atoms with Crippen LogP contribution in [-0.4, -0.2) is 33.7 Å². The summed E-state index contributed by atoms with van der Waals surface area (Å²) in [6.07, 6.45) is 2.05. The first kappa shape index (κ1) is 23.0. The Balaban J connectivity index is 0.00000364. The van der Waals surface area contributed by atoms with Gasteiger partial charge in [-0.2, -0.15) is 0 Å². The lowest BCUT2D eigenvalue weighted by Crippen LogP contribution is -2.31. The van der Waals surface area contributed by atoms with E-state index in [0.29, 0.717) is 31.7 Å². The van der Waals surface area contributed by atoms with Crippen LogP contribution in [0.5, 0.6) is 5.75 Å². The molecular formula is C19H25ClN2O4S. The summed E-state index contributed by atoms with van der Waals surface area (Å²) < 4.78 is 28.3. The highest BCUT2D eigenvalue weighted by Crippen LogP contribution is 2.16. The summed E-state index contributed by atoms with van der Waals surface area (Å²) >= 11 is 0. The minimum Gasteiger partial charge on any atom is -0.494 e. The number of benzene rings is 2. The zero-order chi connectivity index (χ0) is 19.0. The van der Waals surface area contributed by atoms with Gasteiger partial charge in [-0.05, 0) is 36.2 Å². The molecule has 3 N–H and O–H groups in total. The van der Waals surface area contributed by atoms with Gasteiger partial charge in [0.1, 0.15) is 5.75 Å². The molecule has 8 heteroatoms. The van der Waals surface area contributed by atoms with Crippen molar-refractivity contribution in [2.45, 2.75) is 23.8 Å². The maximum absolute atomic E-state index is 11.9. The number of hydrogen-bond acceptors (Lipinski definition) is 5. The molecule has 2 aromatic rings. The van der Waals surface area contributed by atoms with Crippen molar-refractivity contribution >= 4 is 28.2 Å². The molecule has 0 aliphatic heterocycles. The number of carbonyl (C=O) groups excluding carboxylic acids is 1. The Morgan fingerprint density at radius 2 is 1.74 bits per heavy atom. The number of amides is 1. The average Bonchev–Trinajstić information content (AvgIpc) is 2.63. The van der Waals surface area contributed by atoms with Gasteiger partial charge < -0.3 is 15.8 Å². The molecule has 1 atom stereocenters. The molecule has 2 aromatic carbocycles. The minimum absolute atomic E-state index is 0. The van der Waals surface area contributed by atoms with E-state index in [2.05, 4.69) is 5.32 Å². The van der Waals surface area contributed by atoms with Crippen LogP contribution in [0.3, 0.4) is 0 Å². The van der Waals surface area contributed by atoms with E-state index in [1.54, 1.807) is 12.1 Å². The second kappa shape index (κ2) is 10.9. The van der Waals surface area contributed by atoms with E-state index in [1.165, 1.54) is 12.1 Å². The van der Waals surface area contributed by atoms with E-state index < -0.39 is 9.84 Å². The van der Waals surface area contributed by atoms with Crippen LogP contribution in [0.2, 0.25) is 0 Å². The molecule has 0 radical (unpaired) electrons. The third-order valence-electron chi connectivity index (χ3n) is 3.82. The molecule has 1 amide bonds. The van der Waals surface area contributed by atoms with Crippen LogP contribution in [0.4, 0.5) is 0 Å². The zero-order valence-corrected chi connectivity index (χ0v) is 16.8. The first-order valence-corrected chi connectivity index (χ1v) is 10.3. The van der Waals surface area contributed by atoms with Gasteiger partial charge in [-0.25, -0.2) is 8.42 Å². The summed E-state index contributed by atoms with van der Waals surface area (Å²) in [4.78, 5) is 12.1. The second-order valence-corrected chi connectivity index (χ2v) is 8.03. The Labute approximate surface area is 166 Å². The fourth-order valence-corrected chi connectivity index (χ4v) is 2.97. The zero-order valence-electron chi connectivity index (χ0n) is 15.1. The van der Waals surface area contributed by atoms with Crippen LogP contribution in [-0.2, 0) is 14.6 Å². The molecule has 0 spiro atoms. The summed E-state index contributed by atoms with van der Waals surface area (Å²) in [5.74, 6) is 0.497. The normalized spacial score (nSPS) is 11.9. The van der Waals surface area contributed by atoms with Crippen molar-refractivity contribution in [2.75, 3.05) is 19.4 Å². The van der Waals surface area contributed by atoms with Gasteiger partial charge in [0.05, 0.1) is 11.5 Å². The van der Waals surface area contributed by atoms with E-state index in [-0.39, 0.29) is 29.3 Å². The molecule has 0 aliphatic rings. The summed E-state index contributed by atoms with van der Waals surface area (Å²) in [5, 5.41) is 2.82. The highest BCUT2D eigenvalue weighted by atomic mass is 35.5. The fourth-order valence-electron chi connectivity index (χ4n) is 2.34. The van der Waals surface area contributed by atoms with Crippen LogP contribution in [0.15, 0.2) is 59.5 Å². The molecule has 0 saturated carbocycles. The van der Waals surface area contributed by atoms with Gasteiger partial charge in [-0.15, -0.1) is 12.4 Å². The largest absolute Gasteiger partial charge is 0.494 e. The first-order valence-electron chi connectivity index (χ1n) is 8.36. The quantitative estimate of drug-likeness (QED) is 0.616. The van der Waals surface area contributed by atoms with E-state index in [4.69, 9.17) is 10.5 Å². The molecule has 0 saturated heterocycles. The third kappa shape index (κ3) is 7.99. The van der Waals surface area contributed by atoms with Crippen molar-refractivity contribution in [1.82, 2.24) is 5.32 Å². The lowest BCUT2D eigenvalue weighted by molar-refractivity contribution is -0.121. The molecule has 148 valence electrons. The number of nitrogens with two attached hydrogens (primary N) is 1. The summed E-state index contributed by atoms with van der Waals surface area (Å²) in [7, 11) is -3.21. The number of hydrogen-bond donors (Lipinski definition) is 2. The van der Waals surface area contributed by atoms with Gasteiger partial charge in [0.15, 0.2) is 9.84 Å². The van der Waals surface area contributed by atoms with Crippen LogP contribution in [0.25, 0.3) is 0 Å². The maximum atomic E-state index is 11.9. The second-order valence-electron chi connectivity index (χ2n) is 6.02. The molecule has 2 rings (SSSR count). The van der Waals surface area contributed by atoms with Gasteiger partial charge in [0.25, 0.3) is 0 Å². The fraction of sp³-hybridized carbons (Fsp3) is 0.316. The van der Waals surface area contributed by atoms with Gasteiger partial charge in [-0.3, -0.25) is 4.79 Å². The van der Waals surface area contributed by atoms with Crippen molar-refractivity contribution in [3.05, 3.63) is 60.2 Å². The SMILES string of the molecule is CS(=O)(=O)c1ccc(OCCCC(=O)NCC(N)c2ccccc2)cc1.Cl. The van der Waals surface area contributed by atoms with Crippen LogP contribution in [0.1, 0.15) is 24.4 Å². The lowest BCUT2D eigenvalue weighted by atomic mass is 10.1. The van der Waals surface area contributed by atoms with Crippen molar-refractivity contribution in [2.24, 2.45) is 5.73 Å². The van der Waals surface area contributed by atoms with Crippen LogP contribution in [0, 0.1) is 0 Å². The minimum atomic E-state index is -3.21. The molecule has 0 fully saturated rings. The van der Waals surface area contributed by atoms with Crippen LogP contribution >= 0.6 is 12.4 Å². The lowest BCUT2D eigenvalue weighted by Gasteiger charge is -2.13. The predicted octanol–water partition coefficient (Wildman–Crippen LogP) is 2.49. The Morgan fingerprint density at radius 1 is 1.11 bits per heavy atom. The monoisotopic (exact) mass is 412 g/mol.